The van der Waals surface area contributed by atoms with E-state index in [1.54, 1.807) is 0 Å². The standard InChI is InChI=1S/C7H8N2O4/c1-3(10)2-4-5(7(12)13)6(11)9-8-4/h2H2,1H3,(H,12,13)(H2,8,9,11). The molecule has 0 saturated carbocycles. The second-order valence-corrected chi connectivity index (χ2v) is 2.62. The zero-order valence-electron chi connectivity index (χ0n) is 6.88. The molecule has 3 N–H and O–H groups in total. The lowest BCUT2D eigenvalue weighted by atomic mass is 10.1. The molecule has 0 saturated heterocycles. The fourth-order valence-corrected chi connectivity index (χ4v) is 1.00. The van der Waals surface area contributed by atoms with E-state index in [2.05, 4.69) is 10.2 Å². The van der Waals surface area contributed by atoms with E-state index in [-0.39, 0.29) is 17.9 Å². The minimum absolute atomic E-state index is 0.0830. The Labute approximate surface area is 72.6 Å². The van der Waals surface area contributed by atoms with Crippen LogP contribution < -0.4 is 5.56 Å². The molecule has 0 unspecified atom stereocenters. The second kappa shape index (κ2) is 3.26. The summed E-state index contributed by atoms with van der Waals surface area (Å²) in [4.78, 5) is 32.1. The number of hydrogen-bond donors (Lipinski definition) is 3. The molecule has 0 aliphatic rings. The average Bonchev–Trinajstić information content (AvgIpc) is 2.30. The van der Waals surface area contributed by atoms with E-state index in [1.165, 1.54) is 6.92 Å². The minimum atomic E-state index is -1.33. The summed E-state index contributed by atoms with van der Waals surface area (Å²) < 4.78 is 0. The van der Waals surface area contributed by atoms with Gasteiger partial charge in [-0.2, -0.15) is 0 Å². The number of carboxylic acids is 1. The highest BCUT2D eigenvalue weighted by Crippen LogP contribution is 2.00. The molecule has 0 fully saturated rings. The van der Waals surface area contributed by atoms with Crippen LogP contribution in [0, 0.1) is 0 Å². The van der Waals surface area contributed by atoms with Crippen LogP contribution in [0.5, 0.6) is 0 Å². The third-order valence-corrected chi connectivity index (χ3v) is 1.50. The van der Waals surface area contributed by atoms with Crippen LogP contribution in [0.3, 0.4) is 0 Å². The van der Waals surface area contributed by atoms with Crippen molar-refractivity contribution < 1.29 is 14.7 Å². The molecule has 6 heteroatoms. The first kappa shape index (κ1) is 9.24. The van der Waals surface area contributed by atoms with Crippen molar-refractivity contribution >= 4 is 11.8 Å². The van der Waals surface area contributed by atoms with Gasteiger partial charge in [-0.3, -0.25) is 14.7 Å². The van der Waals surface area contributed by atoms with Crippen molar-refractivity contribution in [3.63, 3.8) is 0 Å². The molecule has 6 nitrogen and oxygen atoms in total. The van der Waals surface area contributed by atoms with Crippen LogP contribution in [0.15, 0.2) is 4.79 Å². The molecule has 0 aliphatic carbocycles. The molecule has 0 bridgehead atoms. The normalized spacial score (nSPS) is 9.92. The maximum absolute atomic E-state index is 10.9. The summed E-state index contributed by atoms with van der Waals surface area (Å²) in [5.74, 6) is -1.54. The molecule has 0 atom stereocenters. The van der Waals surface area contributed by atoms with E-state index >= 15 is 0 Å². The number of nitrogens with one attached hydrogen (secondary N) is 2. The molecule has 0 amide bonds. The third-order valence-electron chi connectivity index (χ3n) is 1.50. The number of carbonyl (C=O) groups is 2. The number of carbonyl (C=O) groups excluding carboxylic acids is 1. The molecule has 0 aliphatic heterocycles. The highest BCUT2D eigenvalue weighted by Gasteiger charge is 2.17. The lowest BCUT2D eigenvalue weighted by molar-refractivity contribution is -0.116. The van der Waals surface area contributed by atoms with Gasteiger partial charge in [0.2, 0.25) is 0 Å². The Kier molecular flexibility index (Phi) is 2.32. The van der Waals surface area contributed by atoms with Gasteiger partial charge >= 0.3 is 5.97 Å². The lowest BCUT2D eigenvalue weighted by Crippen LogP contribution is -2.14. The van der Waals surface area contributed by atoms with E-state index < -0.39 is 17.1 Å². The number of carboxylic acid groups (broad SMARTS) is 1. The number of H-pyrrole nitrogens is 2. The average molecular weight is 184 g/mol. The van der Waals surface area contributed by atoms with Crippen LogP contribution in [-0.4, -0.2) is 27.1 Å². The Morgan fingerprint density at radius 3 is 2.46 bits per heavy atom. The number of hydrogen-bond acceptors (Lipinski definition) is 3. The zero-order chi connectivity index (χ0) is 10.0. The second-order valence-electron chi connectivity index (χ2n) is 2.62. The summed E-state index contributed by atoms with van der Waals surface area (Å²) in [5, 5.41) is 13.1. The van der Waals surface area contributed by atoms with Crippen molar-refractivity contribution in [2.24, 2.45) is 0 Å². The number of Topliss-reactive ketones (excluding diaryl/α,β-unsaturated/α-hetero) is 1. The van der Waals surface area contributed by atoms with Gasteiger partial charge in [-0.1, -0.05) is 0 Å². The molecular formula is C7H8N2O4. The summed E-state index contributed by atoms with van der Waals surface area (Å²) in [6.07, 6.45) is -0.0830. The van der Waals surface area contributed by atoms with Gasteiger partial charge in [-0.25, -0.2) is 4.79 Å². The molecule has 1 aromatic heterocycles. The van der Waals surface area contributed by atoms with E-state index in [0.29, 0.717) is 0 Å². The fraction of sp³-hybridized carbons (Fsp3) is 0.286. The molecular weight excluding hydrogens is 176 g/mol. The predicted octanol–water partition coefficient (Wildman–Crippen LogP) is -0.467. The van der Waals surface area contributed by atoms with Crippen LogP contribution in [-0.2, 0) is 11.2 Å². The SMILES string of the molecule is CC(=O)Cc1[nH][nH]c(=O)c1C(=O)O. The number of aromatic amines is 2. The quantitative estimate of drug-likeness (QED) is 0.590. The first-order chi connectivity index (χ1) is 6.02. The van der Waals surface area contributed by atoms with Gasteiger partial charge in [0.25, 0.3) is 5.56 Å². The van der Waals surface area contributed by atoms with Crippen LogP contribution in [0.1, 0.15) is 23.0 Å². The topological polar surface area (TPSA) is 103 Å². The largest absolute Gasteiger partial charge is 0.477 e. The Balaban J connectivity index is 3.15. The van der Waals surface area contributed by atoms with E-state index in [0.717, 1.165) is 0 Å². The maximum Gasteiger partial charge on any atom is 0.343 e. The van der Waals surface area contributed by atoms with Gasteiger partial charge in [-0.15, -0.1) is 0 Å². The first-order valence-corrected chi connectivity index (χ1v) is 3.54. The Morgan fingerprint density at radius 2 is 2.00 bits per heavy atom. The summed E-state index contributed by atoms with van der Waals surface area (Å²) in [5.41, 5.74) is -0.996. The summed E-state index contributed by atoms with van der Waals surface area (Å²) in [7, 11) is 0. The van der Waals surface area contributed by atoms with Crippen molar-refractivity contribution in [2.45, 2.75) is 13.3 Å². The van der Waals surface area contributed by atoms with Crippen LogP contribution in [0.2, 0.25) is 0 Å². The fourth-order valence-electron chi connectivity index (χ4n) is 1.00. The van der Waals surface area contributed by atoms with Crippen molar-refractivity contribution in [3.05, 3.63) is 21.6 Å². The predicted molar refractivity (Wildman–Crippen MR) is 42.8 cm³/mol. The number of rotatable bonds is 3. The molecule has 70 valence electrons. The van der Waals surface area contributed by atoms with Gasteiger partial charge in [0.15, 0.2) is 0 Å². The summed E-state index contributed by atoms with van der Waals surface area (Å²) in [6.45, 7) is 1.32. The first-order valence-electron chi connectivity index (χ1n) is 3.54. The zero-order valence-corrected chi connectivity index (χ0v) is 6.88. The molecule has 1 heterocycles. The van der Waals surface area contributed by atoms with E-state index in [1.807, 2.05) is 0 Å². The van der Waals surface area contributed by atoms with Crippen molar-refractivity contribution in [1.82, 2.24) is 10.2 Å². The molecule has 0 spiro atoms. The van der Waals surface area contributed by atoms with Crippen LogP contribution >= 0.6 is 0 Å². The number of ketones is 1. The maximum atomic E-state index is 10.9. The minimum Gasteiger partial charge on any atom is -0.477 e. The van der Waals surface area contributed by atoms with Crippen molar-refractivity contribution in [1.29, 1.82) is 0 Å². The Morgan fingerprint density at radius 1 is 1.38 bits per heavy atom. The monoisotopic (exact) mass is 184 g/mol. The van der Waals surface area contributed by atoms with Crippen molar-refractivity contribution in [2.75, 3.05) is 0 Å². The summed E-state index contributed by atoms with van der Waals surface area (Å²) in [6, 6.07) is 0. The molecule has 13 heavy (non-hydrogen) atoms. The van der Waals surface area contributed by atoms with Gasteiger partial charge in [-0.05, 0) is 6.92 Å². The molecule has 1 rings (SSSR count). The van der Waals surface area contributed by atoms with E-state index in [4.69, 9.17) is 5.11 Å². The van der Waals surface area contributed by atoms with E-state index in [9.17, 15) is 14.4 Å². The molecule has 1 aromatic rings. The highest BCUT2D eigenvalue weighted by molar-refractivity contribution is 5.90. The van der Waals surface area contributed by atoms with Gasteiger partial charge in [0, 0.05) is 6.42 Å². The number of aromatic nitrogens is 2. The molecule has 0 aromatic carbocycles. The molecule has 0 radical (unpaired) electrons. The lowest BCUT2D eigenvalue weighted by Gasteiger charge is -1.93. The van der Waals surface area contributed by atoms with Gasteiger partial charge in [0.1, 0.15) is 11.3 Å². The Hall–Kier alpha value is -1.85. The smallest absolute Gasteiger partial charge is 0.343 e. The highest BCUT2D eigenvalue weighted by atomic mass is 16.4. The van der Waals surface area contributed by atoms with Crippen molar-refractivity contribution in [3.8, 4) is 0 Å². The van der Waals surface area contributed by atoms with Crippen LogP contribution in [0.4, 0.5) is 0 Å². The van der Waals surface area contributed by atoms with Gasteiger partial charge < -0.3 is 10.2 Å². The third kappa shape index (κ3) is 1.84. The summed E-state index contributed by atoms with van der Waals surface area (Å²) >= 11 is 0. The number of aromatic carboxylic acids is 1. The van der Waals surface area contributed by atoms with Gasteiger partial charge in [0.05, 0.1) is 5.69 Å². The Bertz CT molecular complexity index is 401. The van der Waals surface area contributed by atoms with Crippen LogP contribution in [0.25, 0.3) is 0 Å².